The van der Waals surface area contributed by atoms with E-state index in [1.807, 2.05) is 19.9 Å². The van der Waals surface area contributed by atoms with Gasteiger partial charge >= 0.3 is 6.03 Å². The number of anilines is 1. The summed E-state index contributed by atoms with van der Waals surface area (Å²) in [5.74, 6) is -0.0491. The summed E-state index contributed by atoms with van der Waals surface area (Å²) in [5.41, 5.74) is 0.889. The minimum absolute atomic E-state index is 0. The zero-order chi connectivity index (χ0) is 18.7. The highest BCUT2D eigenvalue weighted by atomic mass is 35.5. The Balaban J connectivity index is 0.00000261. The van der Waals surface area contributed by atoms with Crippen LogP contribution in [0.2, 0.25) is 0 Å². The minimum atomic E-state index is -0.390. The molecule has 0 spiro atoms. The van der Waals surface area contributed by atoms with Crippen LogP contribution < -0.4 is 4.90 Å². The highest BCUT2D eigenvalue weighted by Gasteiger charge is 2.41. The van der Waals surface area contributed by atoms with Crippen molar-refractivity contribution in [3.05, 3.63) is 30.3 Å². The normalized spacial score (nSPS) is 20.6. The molecule has 2 fully saturated rings. The quantitative estimate of drug-likeness (QED) is 0.770. The summed E-state index contributed by atoms with van der Waals surface area (Å²) in [6.45, 7) is 9.38. The fourth-order valence-corrected chi connectivity index (χ4v) is 3.67. The van der Waals surface area contributed by atoms with Crippen molar-refractivity contribution in [3.8, 4) is 0 Å². The first-order chi connectivity index (χ1) is 12.4. The van der Waals surface area contributed by atoms with Crippen LogP contribution >= 0.6 is 12.4 Å². The van der Waals surface area contributed by atoms with Gasteiger partial charge in [-0.25, -0.2) is 4.79 Å². The van der Waals surface area contributed by atoms with Crippen LogP contribution in [0.25, 0.3) is 0 Å². The molecular weight excluding hydrogens is 364 g/mol. The molecule has 0 unspecified atom stereocenters. The van der Waals surface area contributed by atoms with E-state index in [0.717, 1.165) is 39.1 Å². The number of carbonyl (C=O) groups is 2. The summed E-state index contributed by atoms with van der Waals surface area (Å²) in [6, 6.07) is 10.3. The van der Waals surface area contributed by atoms with E-state index >= 15 is 0 Å². The van der Waals surface area contributed by atoms with Gasteiger partial charge in [-0.3, -0.25) is 14.6 Å². The average Bonchev–Trinajstić information content (AvgIpc) is 2.64. The lowest BCUT2D eigenvalue weighted by Gasteiger charge is -2.43. The number of imide groups is 1. The summed E-state index contributed by atoms with van der Waals surface area (Å²) in [6.07, 6.45) is 1.22. The molecule has 2 saturated heterocycles. The zero-order valence-corrected chi connectivity index (χ0v) is 17.4. The Hall–Kier alpha value is -1.79. The Bertz CT molecular complexity index is 645. The second-order valence-corrected chi connectivity index (χ2v) is 7.89. The molecule has 2 heterocycles. The molecule has 3 amide bonds. The van der Waals surface area contributed by atoms with E-state index in [2.05, 4.69) is 34.1 Å². The molecule has 7 heteroatoms. The molecule has 0 radical (unpaired) electrons. The van der Waals surface area contributed by atoms with Gasteiger partial charge in [-0.05, 0) is 38.9 Å². The lowest BCUT2D eigenvalue weighted by Crippen LogP contribution is -2.60. The number of para-hydroxylation sites is 1. The maximum Gasteiger partial charge on any atom is 0.326 e. The van der Waals surface area contributed by atoms with Crippen molar-refractivity contribution < 1.29 is 9.59 Å². The molecule has 1 aromatic carbocycles. The summed E-state index contributed by atoms with van der Waals surface area (Å²) in [4.78, 5) is 32.7. The molecule has 150 valence electrons. The second-order valence-electron chi connectivity index (χ2n) is 7.89. The van der Waals surface area contributed by atoms with Gasteiger partial charge in [0.1, 0.15) is 0 Å². The van der Waals surface area contributed by atoms with Crippen molar-refractivity contribution in [2.24, 2.45) is 0 Å². The third-order valence-corrected chi connectivity index (χ3v) is 5.66. The molecule has 0 aromatic heterocycles. The van der Waals surface area contributed by atoms with Crippen LogP contribution in [-0.4, -0.2) is 78.5 Å². The van der Waals surface area contributed by atoms with Crippen LogP contribution in [0.15, 0.2) is 30.3 Å². The van der Waals surface area contributed by atoms with Gasteiger partial charge in [-0.1, -0.05) is 18.2 Å². The fraction of sp³-hybridized carbons (Fsp3) is 0.600. The van der Waals surface area contributed by atoms with Crippen molar-refractivity contribution in [2.45, 2.75) is 32.2 Å². The van der Waals surface area contributed by atoms with Gasteiger partial charge in [0.05, 0.1) is 6.42 Å². The SMILES string of the molecule is CN1C(=O)N(CCCN2CCN(c3ccccc3)CC2)C(=O)CC1(C)C.Cl. The van der Waals surface area contributed by atoms with Crippen molar-refractivity contribution in [3.63, 3.8) is 0 Å². The zero-order valence-electron chi connectivity index (χ0n) is 16.6. The highest BCUT2D eigenvalue weighted by molar-refractivity contribution is 5.97. The molecule has 1 aromatic rings. The number of benzene rings is 1. The smallest absolute Gasteiger partial charge is 0.326 e. The van der Waals surface area contributed by atoms with E-state index < -0.39 is 5.54 Å². The van der Waals surface area contributed by atoms with Crippen LogP contribution in [0.5, 0.6) is 0 Å². The number of halogens is 1. The Labute approximate surface area is 168 Å². The van der Waals surface area contributed by atoms with E-state index in [9.17, 15) is 9.59 Å². The van der Waals surface area contributed by atoms with Gasteiger partial charge in [0, 0.05) is 51.0 Å². The molecule has 0 atom stereocenters. The van der Waals surface area contributed by atoms with Crippen LogP contribution in [0, 0.1) is 0 Å². The summed E-state index contributed by atoms with van der Waals surface area (Å²) < 4.78 is 0. The summed E-state index contributed by atoms with van der Waals surface area (Å²) in [5, 5.41) is 0. The maximum absolute atomic E-state index is 12.4. The van der Waals surface area contributed by atoms with Crippen molar-refractivity contribution >= 4 is 30.0 Å². The van der Waals surface area contributed by atoms with Crippen LogP contribution in [0.3, 0.4) is 0 Å². The lowest BCUT2D eigenvalue weighted by molar-refractivity contribution is -0.134. The van der Waals surface area contributed by atoms with Crippen LogP contribution in [0.1, 0.15) is 26.7 Å². The average molecular weight is 395 g/mol. The van der Waals surface area contributed by atoms with Gasteiger partial charge in [-0.2, -0.15) is 0 Å². The Kier molecular flexibility index (Phi) is 7.12. The van der Waals surface area contributed by atoms with E-state index in [1.54, 1.807) is 11.9 Å². The number of hydrogen-bond donors (Lipinski definition) is 0. The molecule has 0 N–H and O–H groups in total. The standard InChI is InChI=1S/C20H30N4O2.ClH/c1-20(2)16-18(25)24(19(26)21(20)3)11-7-10-22-12-14-23(15-13-22)17-8-5-4-6-9-17;/h4-6,8-9H,7,10-16H2,1-3H3;1H. The van der Waals surface area contributed by atoms with E-state index in [4.69, 9.17) is 0 Å². The molecule has 3 rings (SSSR count). The number of nitrogens with zero attached hydrogens (tertiary/aromatic N) is 4. The first kappa shape index (κ1) is 21.5. The first-order valence-corrected chi connectivity index (χ1v) is 9.49. The summed E-state index contributed by atoms with van der Waals surface area (Å²) in [7, 11) is 1.78. The Morgan fingerprint density at radius 2 is 1.59 bits per heavy atom. The second kappa shape index (κ2) is 8.93. The molecular formula is C20H31ClN4O2. The number of carbonyl (C=O) groups excluding carboxylic acids is 2. The van der Waals surface area contributed by atoms with Crippen molar-refractivity contribution in [2.75, 3.05) is 51.2 Å². The van der Waals surface area contributed by atoms with Gasteiger partial charge in [0.2, 0.25) is 5.91 Å². The molecule has 27 heavy (non-hydrogen) atoms. The first-order valence-electron chi connectivity index (χ1n) is 9.49. The third-order valence-electron chi connectivity index (χ3n) is 5.66. The number of piperazine rings is 1. The largest absolute Gasteiger partial charge is 0.369 e. The number of amides is 3. The molecule has 2 aliphatic heterocycles. The Morgan fingerprint density at radius 1 is 0.963 bits per heavy atom. The minimum Gasteiger partial charge on any atom is -0.369 e. The topological polar surface area (TPSA) is 47.1 Å². The lowest BCUT2D eigenvalue weighted by atomic mass is 9.95. The maximum atomic E-state index is 12.4. The van der Waals surface area contributed by atoms with Crippen LogP contribution in [-0.2, 0) is 4.79 Å². The van der Waals surface area contributed by atoms with Crippen molar-refractivity contribution in [1.29, 1.82) is 0 Å². The molecule has 0 bridgehead atoms. The molecule has 6 nitrogen and oxygen atoms in total. The van der Waals surface area contributed by atoms with Gasteiger partial charge in [0.25, 0.3) is 0 Å². The van der Waals surface area contributed by atoms with E-state index in [0.29, 0.717) is 13.0 Å². The molecule has 0 aliphatic carbocycles. The Morgan fingerprint density at radius 3 is 2.22 bits per heavy atom. The van der Waals surface area contributed by atoms with Crippen molar-refractivity contribution in [1.82, 2.24) is 14.7 Å². The predicted molar refractivity (Wildman–Crippen MR) is 111 cm³/mol. The number of hydrogen-bond acceptors (Lipinski definition) is 4. The molecule has 0 saturated carbocycles. The third kappa shape index (κ3) is 4.93. The van der Waals surface area contributed by atoms with Gasteiger partial charge in [-0.15, -0.1) is 12.4 Å². The van der Waals surface area contributed by atoms with E-state index in [-0.39, 0.29) is 24.3 Å². The molecule has 2 aliphatic rings. The van der Waals surface area contributed by atoms with E-state index in [1.165, 1.54) is 10.6 Å². The highest BCUT2D eigenvalue weighted by Crippen LogP contribution is 2.25. The predicted octanol–water partition coefficient (Wildman–Crippen LogP) is 2.68. The monoisotopic (exact) mass is 394 g/mol. The van der Waals surface area contributed by atoms with Gasteiger partial charge in [0.15, 0.2) is 0 Å². The number of urea groups is 1. The van der Waals surface area contributed by atoms with Gasteiger partial charge < -0.3 is 9.80 Å². The fourth-order valence-electron chi connectivity index (χ4n) is 3.67. The number of rotatable bonds is 5. The van der Waals surface area contributed by atoms with Crippen LogP contribution in [0.4, 0.5) is 10.5 Å². The summed E-state index contributed by atoms with van der Waals surface area (Å²) >= 11 is 0.